The minimum Gasteiger partial charge on any atom is -0.508 e. The Labute approximate surface area is 75.4 Å². The highest BCUT2D eigenvalue weighted by Crippen LogP contribution is 2.29. The topological polar surface area (TPSA) is 20.2 Å². The summed E-state index contributed by atoms with van der Waals surface area (Å²) in [5, 5.41) is 9.63. The van der Waals surface area contributed by atoms with Crippen LogP contribution in [0.3, 0.4) is 0 Å². The molecule has 1 aromatic carbocycles. The van der Waals surface area contributed by atoms with Crippen LogP contribution < -0.4 is 0 Å². The van der Waals surface area contributed by atoms with Crippen LogP contribution in [-0.4, -0.2) is 10.9 Å². The van der Waals surface area contributed by atoms with Crippen molar-refractivity contribution in [2.45, 2.75) is 11.8 Å². The second-order valence-corrected chi connectivity index (χ2v) is 3.76. The van der Waals surface area contributed by atoms with E-state index in [9.17, 15) is 0 Å². The van der Waals surface area contributed by atoms with Crippen molar-refractivity contribution in [3.05, 3.63) is 23.2 Å². The summed E-state index contributed by atoms with van der Waals surface area (Å²) in [6, 6.07) is 5.02. The van der Waals surface area contributed by atoms with Crippen LogP contribution in [-0.2, 0) is 0 Å². The Morgan fingerprint density at radius 1 is 1.55 bits per heavy atom. The average molecular weight is 189 g/mol. The lowest BCUT2D eigenvalue weighted by Crippen LogP contribution is -1.74. The molecule has 0 aliphatic heterocycles. The molecule has 0 aliphatic rings. The third-order valence-electron chi connectivity index (χ3n) is 1.22. The molecule has 0 aromatic heterocycles. The first-order valence-corrected chi connectivity index (χ1v) is 4.71. The molecule has 0 bridgehead atoms. The molecular weight excluding hydrogens is 180 g/mol. The fourth-order valence-electron chi connectivity index (χ4n) is 0.762. The third kappa shape index (κ3) is 2.31. The van der Waals surface area contributed by atoms with Gasteiger partial charge < -0.3 is 5.11 Å². The van der Waals surface area contributed by atoms with Gasteiger partial charge in [0.15, 0.2) is 0 Å². The molecule has 0 saturated carbocycles. The first kappa shape index (κ1) is 8.75. The Kier molecular flexibility index (Phi) is 3.09. The molecule has 1 rings (SSSR count). The van der Waals surface area contributed by atoms with E-state index in [1.807, 2.05) is 6.07 Å². The molecule has 60 valence electrons. The van der Waals surface area contributed by atoms with Crippen LogP contribution in [0.15, 0.2) is 23.1 Å². The molecule has 0 radical (unpaired) electrons. The van der Waals surface area contributed by atoms with Crippen LogP contribution in [0.1, 0.15) is 6.92 Å². The molecule has 11 heavy (non-hydrogen) atoms. The van der Waals surface area contributed by atoms with E-state index in [0.29, 0.717) is 5.02 Å². The highest BCUT2D eigenvalue weighted by Gasteiger charge is 1.99. The van der Waals surface area contributed by atoms with Crippen LogP contribution in [0, 0.1) is 0 Å². The molecule has 0 aliphatic carbocycles. The quantitative estimate of drug-likeness (QED) is 0.720. The van der Waals surface area contributed by atoms with Crippen LogP contribution in [0.4, 0.5) is 0 Å². The Bertz CT molecular complexity index is 250. The van der Waals surface area contributed by atoms with E-state index in [2.05, 4.69) is 6.92 Å². The van der Waals surface area contributed by atoms with Crippen molar-refractivity contribution in [3.63, 3.8) is 0 Å². The molecule has 3 heteroatoms. The fraction of sp³-hybridized carbons (Fsp3) is 0.250. The maximum absolute atomic E-state index is 9.01. The molecule has 1 nitrogen and oxygen atoms in total. The van der Waals surface area contributed by atoms with E-state index in [1.165, 1.54) is 0 Å². The van der Waals surface area contributed by atoms with Gasteiger partial charge in [-0.05, 0) is 24.0 Å². The number of hydrogen-bond acceptors (Lipinski definition) is 2. The highest BCUT2D eigenvalue weighted by molar-refractivity contribution is 7.99. The maximum atomic E-state index is 9.01. The summed E-state index contributed by atoms with van der Waals surface area (Å²) >= 11 is 7.49. The highest BCUT2D eigenvalue weighted by atomic mass is 35.5. The summed E-state index contributed by atoms with van der Waals surface area (Å²) in [6.45, 7) is 2.06. The second kappa shape index (κ2) is 3.88. The number of thioether (sulfide) groups is 1. The van der Waals surface area contributed by atoms with Crippen LogP contribution in [0.25, 0.3) is 0 Å². The molecule has 0 unspecified atom stereocenters. The monoisotopic (exact) mass is 188 g/mol. The van der Waals surface area contributed by atoms with E-state index in [-0.39, 0.29) is 5.75 Å². The van der Waals surface area contributed by atoms with Gasteiger partial charge in [0.1, 0.15) is 5.75 Å². The van der Waals surface area contributed by atoms with Crippen molar-refractivity contribution < 1.29 is 5.11 Å². The Hall–Kier alpha value is -0.340. The van der Waals surface area contributed by atoms with Crippen molar-refractivity contribution in [2.75, 3.05) is 5.75 Å². The van der Waals surface area contributed by atoms with Gasteiger partial charge in [-0.2, -0.15) is 0 Å². The maximum Gasteiger partial charge on any atom is 0.117 e. The van der Waals surface area contributed by atoms with E-state index < -0.39 is 0 Å². The smallest absolute Gasteiger partial charge is 0.117 e. The SMILES string of the molecule is CCSc1ccc(O)cc1Cl. The van der Waals surface area contributed by atoms with Gasteiger partial charge in [0.2, 0.25) is 0 Å². The number of phenols is 1. The molecule has 0 amide bonds. The standard InChI is InChI=1S/C8H9ClOS/c1-2-11-8-4-3-6(10)5-7(8)9/h3-5,10H,2H2,1H3. The van der Waals surface area contributed by atoms with Crippen molar-refractivity contribution in [3.8, 4) is 5.75 Å². The van der Waals surface area contributed by atoms with Gasteiger partial charge in [-0.3, -0.25) is 0 Å². The fourth-order valence-corrected chi connectivity index (χ4v) is 1.77. The molecule has 0 atom stereocenters. The second-order valence-electron chi connectivity index (χ2n) is 2.05. The van der Waals surface area contributed by atoms with Crippen LogP contribution in [0.5, 0.6) is 5.75 Å². The van der Waals surface area contributed by atoms with Gasteiger partial charge in [0.05, 0.1) is 5.02 Å². The summed E-state index contributed by atoms with van der Waals surface area (Å²) in [5.74, 6) is 1.21. The first-order chi connectivity index (χ1) is 5.24. The van der Waals surface area contributed by atoms with Gasteiger partial charge in [-0.1, -0.05) is 18.5 Å². The predicted octanol–water partition coefficient (Wildman–Crippen LogP) is 3.16. The minimum atomic E-state index is 0.218. The number of hydrogen-bond donors (Lipinski definition) is 1. The molecule has 1 aromatic rings. The van der Waals surface area contributed by atoms with Crippen LogP contribution in [0.2, 0.25) is 5.02 Å². The number of aromatic hydroxyl groups is 1. The summed E-state index contributed by atoms with van der Waals surface area (Å²) in [7, 11) is 0. The van der Waals surface area contributed by atoms with Gasteiger partial charge in [0, 0.05) is 4.90 Å². The number of benzene rings is 1. The normalized spacial score (nSPS) is 10.0. The van der Waals surface area contributed by atoms with E-state index in [4.69, 9.17) is 16.7 Å². The first-order valence-electron chi connectivity index (χ1n) is 3.35. The lowest BCUT2D eigenvalue weighted by Gasteiger charge is -2.00. The van der Waals surface area contributed by atoms with Crippen LogP contribution >= 0.6 is 23.4 Å². The van der Waals surface area contributed by atoms with Gasteiger partial charge in [-0.25, -0.2) is 0 Å². The van der Waals surface area contributed by atoms with Gasteiger partial charge in [0.25, 0.3) is 0 Å². The van der Waals surface area contributed by atoms with Crippen molar-refractivity contribution in [2.24, 2.45) is 0 Å². The van der Waals surface area contributed by atoms with E-state index >= 15 is 0 Å². The summed E-state index contributed by atoms with van der Waals surface area (Å²) in [6.07, 6.45) is 0. The number of rotatable bonds is 2. The average Bonchev–Trinajstić information content (AvgIpc) is 1.95. The molecular formula is C8H9ClOS. The molecule has 0 saturated heterocycles. The molecule has 0 fully saturated rings. The molecule has 0 spiro atoms. The Balaban J connectivity index is 2.90. The van der Waals surface area contributed by atoms with Crippen molar-refractivity contribution in [1.29, 1.82) is 0 Å². The van der Waals surface area contributed by atoms with Gasteiger partial charge in [-0.15, -0.1) is 11.8 Å². The van der Waals surface area contributed by atoms with E-state index in [1.54, 1.807) is 23.9 Å². The molecule has 1 N–H and O–H groups in total. The van der Waals surface area contributed by atoms with Crippen molar-refractivity contribution in [1.82, 2.24) is 0 Å². The number of halogens is 1. The lowest BCUT2D eigenvalue weighted by molar-refractivity contribution is 0.475. The number of phenolic OH excluding ortho intramolecular Hbond substituents is 1. The molecule has 0 heterocycles. The zero-order valence-electron chi connectivity index (χ0n) is 6.17. The zero-order valence-corrected chi connectivity index (χ0v) is 7.75. The predicted molar refractivity (Wildman–Crippen MR) is 49.5 cm³/mol. The van der Waals surface area contributed by atoms with Crippen molar-refractivity contribution >= 4 is 23.4 Å². The summed E-state index contributed by atoms with van der Waals surface area (Å²) in [5.41, 5.74) is 0. The Morgan fingerprint density at radius 2 is 2.27 bits per heavy atom. The third-order valence-corrected chi connectivity index (χ3v) is 2.60. The summed E-state index contributed by atoms with van der Waals surface area (Å²) in [4.78, 5) is 1.02. The largest absolute Gasteiger partial charge is 0.508 e. The summed E-state index contributed by atoms with van der Waals surface area (Å²) < 4.78 is 0. The Morgan fingerprint density at radius 3 is 2.82 bits per heavy atom. The zero-order chi connectivity index (χ0) is 8.27. The minimum absolute atomic E-state index is 0.218. The lowest BCUT2D eigenvalue weighted by atomic mass is 10.3. The van der Waals surface area contributed by atoms with E-state index in [0.717, 1.165) is 10.6 Å². The van der Waals surface area contributed by atoms with Gasteiger partial charge >= 0.3 is 0 Å².